The zero-order valence-electron chi connectivity index (χ0n) is 12.5. The predicted molar refractivity (Wildman–Crippen MR) is 83.6 cm³/mol. The average molecular weight is 339 g/mol. The number of rotatable bonds is 6. The van der Waals surface area contributed by atoms with Gasteiger partial charge in [-0.1, -0.05) is 11.6 Å². The molecule has 1 unspecified atom stereocenters. The van der Waals surface area contributed by atoms with Crippen molar-refractivity contribution in [3.63, 3.8) is 0 Å². The standard InChI is InChI=1S/C16H15ClO6/c1-9-5-10(17)3-4-13(9)22-7-11(16(19)20)14-6-12(18)15(21-2)8-23-14/h3-6,8,11H,7H2,1-2H3,(H,19,20). The van der Waals surface area contributed by atoms with E-state index in [4.69, 9.17) is 25.5 Å². The van der Waals surface area contributed by atoms with Crippen LogP contribution in [0.25, 0.3) is 0 Å². The fourth-order valence-electron chi connectivity index (χ4n) is 1.97. The van der Waals surface area contributed by atoms with E-state index < -0.39 is 17.3 Å². The molecule has 1 atom stereocenters. The van der Waals surface area contributed by atoms with Gasteiger partial charge in [0.1, 0.15) is 30.3 Å². The summed E-state index contributed by atoms with van der Waals surface area (Å²) >= 11 is 5.86. The summed E-state index contributed by atoms with van der Waals surface area (Å²) < 4.78 is 15.5. The normalized spacial score (nSPS) is 11.8. The second-order valence-corrected chi connectivity index (χ2v) is 5.26. The zero-order chi connectivity index (χ0) is 17.0. The highest BCUT2D eigenvalue weighted by molar-refractivity contribution is 6.30. The first-order valence-corrected chi connectivity index (χ1v) is 7.08. The van der Waals surface area contributed by atoms with Gasteiger partial charge in [0, 0.05) is 11.1 Å². The Balaban J connectivity index is 2.21. The fraction of sp³-hybridized carbons (Fsp3) is 0.250. The Labute approximate surface area is 137 Å². The van der Waals surface area contributed by atoms with Crippen LogP contribution in [0, 0.1) is 6.92 Å². The predicted octanol–water partition coefficient (Wildman–Crippen LogP) is 2.86. The number of ether oxygens (including phenoxy) is 2. The number of halogens is 1. The molecule has 1 N–H and O–H groups in total. The molecule has 1 heterocycles. The van der Waals surface area contributed by atoms with Crippen molar-refractivity contribution in [2.45, 2.75) is 12.8 Å². The molecule has 0 saturated carbocycles. The Bertz CT molecular complexity index is 767. The van der Waals surface area contributed by atoms with Crippen LogP contribution in [0.1, 0.15) is 17.2 Å². The van der Waals surface area contributed by atoms with Gasteiger partial charge in [0.05, 0.1) is 7.11 Å². The molecule has 1 aromatic carbocycles. The van der Waals surface area contributed by atoms with Crippen LogP contribution in [0.4, 0.5) is 0 Å². The molecule has 6 nitrogen and oxygen atoms in total. The van der Waals surface area contributed by atoms with Gasteiger partial charge >= 0.3 is 5.97 Å². The number of carbonyl (C=O) groups is 1. The molecule has 0 radical (unpaired) electrons. The molecule has 0 aliphatic rings. The summed E-state index contributed by atoms with van der Waals surface area (Å²) in [7, 11) is 1.33. The smallest absolute Gasteiger partial charge is 0.317 e. The number of benzene rings is 1. The molecule has 122 valence electrons. The highest BCUT2D eigenvalue weighted by Crippen LogP contribution is 2.24. The summed E-state index contributed by atoms with van der Waals surface area (Å²) in [5, 5.41) is 9.90. The molecule has 0 amide bonds. The molecular weight excluding hydrogens is 324 g/mol. The van der Waals surface area contributed by atoms with Crippen LogP contribution < -0.4 is 14.9 Å². The minimum atomic E-state index is -1.16. The van der Waals surface area contributed by atoms with E-state index in [1.807, 2.05) is 0 Å². The number of carboxylic acid groups (broad SMARTS) is 1. The van der Waals surface area contributed by atoms with Gasteiger partial charge in [-0.3, -0.25) is 9.59 Å². The maximum absolute atomic E-state index is 11.7. The van der Waals surface area contributed by atoms with Gasteiger partial charge in [-0.25, -0.2) is 0 Å². The van der Waals surface area contributed by atoms with Gasteiger partial charge in [-0.15, -0.1) is 0 Å². The van der Waals surface area contributed by atoms with Gasteiger partial charge in [0.2, 0.25) is 11.2 Å². The van der Waals surface area contributed by atoms with Gasteiger partial charge in [-0.2, -0.15) is 0 Å². The van der Waals surface area contributed by atoms with Gasteiger partial charge in [0.25, 0.3) is 0 Å². The van der Waals surface area contributed by atoms with Crippen molar-refractivity contribution in [3.05, 3.63) is 57.1 Å². The number of methoxy groups -OCH3 is 1. The third-order valence-electron chi connectivity index (χ3n) is 3.22. The van der Waals surface area contributed by atoms with Crippen molar-refractivity contribution in [1.82, 2.24) is 0 Å². The molecular formula is C16H15ClO6. The van der Waals surface area contributed by atoms with Crippen LogP contribution in [0.5, 0.6) is 11.5 Å². The SMILES string of the molecule is COc1coc(C(COc2ccc(Cl)cc2C)C(=O)O)cc1=O. The maximum Gasteiger partial charge on any atom is 0.317 e. The summed E-state index contributed by atoms with van der Waals surface area (Å²) in [5.41, 5.74) is 0.320. The Morgan fingerprint density at radius 1 is 1.35 bits per heavy atom. The Morgan fingerprint density at radius 2 is 2.09 bits per heavy atom. The summed E-state index contributed by atoms with van der Waals surface area (Å²) in [6, 6.07) is 6.10. The Hall–Kier alpha value is -2.47. The number of hydrogen-bond acceptors (Lipinski definition) is 5. The van der Waals surface area contributed by atoms with Crippen molar-refractivity contribution in [2.24, 2.45) is 0 Å². The summed E-state index contributed by atoms with van der Waals surface area (Å²) in [5.74, 6) is -1.77. The van der Waals surface area contributed by atoms with Crippen LogP contribution in [0.2, 0.25) is 5.02 Å². The second kappa shape index (κ2) is 7.19. The molecule has 0 aliphatic carbocycles. The third kappa shape index (κ3) is 4.04. The van der Waals surface area contributed by atoms with Crippen molar-refractivity contribution in [1.29, 1.82) is 0 Å². The lowest BCUT2D eigenvalue weighted by molar-refractivity contribution is -0.140. The Kier molecular flexibility index (Phi) is 5.28. The summed E-state index contributed by atoms with van der Waals surface area (Å²) in [4.78, 5) is 23.2. The van der Waals surface area contributed by atoms with E-state index in [1.165, 1.54) is 7.11 Å². The van der Waals surface area contributed by atoms with Crippen molar-refractivity contribution >= 4 is 17.6 Å². The summed E-state index contributed by atoms with van der Waals surface area (Å²) in [6.45, 7) is 1.61. The molecule has 2 aromatic rings. The lowest BCUT2D eigenvalue weighted by atomic mass is 10.1. The van der Waals surface area contributed by atoms with E-state index in [2.05, 4.69) is 0 Å². The molecule has 1 aromatic heterocycles. The highest BCUT2D eigenvalue weighted by Gasteiger charge is 2.25. The van der Waals surface area contributed by atoms with Gasteiger partial charge < -0.3 is 19.0 Å². The average Bonchev–Trinajstić information content (AvgIpc) is 2.49. The molecule has 0 spiro atoms. The lowest BCUT2D eigenvalue weighted by Crippen LogP contribution is -2.21. The molecule has 0 saturated heterocycles. The zero-order valence-corrected chi connectivity index (χ0v) is 13.3. The van der Waals surface area contributed by atoms with E-state index in [1.54, 1.807) is 25.1 Å². The van der Waals surface area contributed by atoms with Crippen LogP contribution in [0.15, 0.2) is 39.7 Å². The van der Waals surface area contributed by atoms with E-state index in [0.717, 1.165) is 17.9 Å². The molecule has 0 aliphatic heterocycles. The van der Waals surface area contributed by atoms with Crippen molar-refractivity contribution in [3.8, 4) is 11.5 Å². The molecule has 23 heavy (non-hydrogen) atoms. The third-order valence-corrected chi connectivity index (χ3v) is 3.46. The van der Waals surface area contributed by atoms with E-state index in [0.29, 0.717) is 10.8 Å². The molecule has 2 rings (SSSR count). The van der Waals surface area contributed by atoms with Gasteiger partial charge in [0.15, 0.2) is 0 Å². The largest absolute Gasteiger partial charge is 0.492 e. The number of aryl methyl sites for hydroxylation is 1. The number of carboxylic acids is 1. The van der Waals surface area contributed by atoms with E-state index in [9.17, 15) is 14.7 Å². The fourth-order valence-corrected chi connectivity index (χ4v) is 2.20. The van der Waals surface area contributed by atoms with E-state index in [-0.39, 0.29) is 18.1 Å². The Morgan fingerprint density at radius 3 is 2.65 bits per heavy atom. The van der Waals surface area contributed by atoms with Crippen LogP contribution in [0.3, 0.4) is 0 Å². The first-order chi connectivity index (χ1) is 10.9. The monoisotopic (exact) mass is 338 g/mol. The molecule has 0 fully saturated rings. The highest BCUT2D eigenvalue weighted by atomic mass is 35.5. The molecule has 0 bridgehead atoms. The first-order valence-electron chi connectivity index (χ1n) is 6.71. The lowest BCUT2D eigenvalue weighted by Gasteiger charge is -2.14. The molecule has 7 heteroatoms. The van der Waals surface area contributed by atoms with Crippen LogP contribution in [-0.4, -0.2) is 24.8 Å². The van der Waals surface area contributed by atoms with Crippen LogP contribution in [-0.2, 0) is 4.79 Å². The van der Waals surface area contributed by atoms with Crippen molar-refractivity contribution < 1.29 is 23.8 Å². The topological polar surface area (TPSA) is 86.0 Å². The van der Waals surface area contributed by atoms with Crippen LogP contribution >= 0.6 is 11.6 Å². The van der Waals surface area contributed by atoms with Gasteiger partial charge in [-0.05, 0) is 30.7 Å². The number of hydrogen-bond donors (Lipinski definition) is 1. The summed E-state index contributed by atoms with van der Waals surface area (Å²) in [6.07, 6.45) is 1.08. The first kappa shape index (κ1) is 16.9. The number of aliphatic carboxylic acids is 1. The minimum Gasteiger partial charge on any atom is -0.492 e. The maximum atomic E-state index is 11.7. The van der Waals surface area contributed by atoms with E-state index >= 15 is 0 Å². The quantitative estimate of drug-likeness (QED) is 0.871. The van der Waals surface area contributed by atoms with Crippen molar-refractivity contribution in [2.75, 3.05) is 13.7 Å². The minimum absolute atomic E-state index is 0.00471. The second-order valence-electron chi connectivity index (χ2n) is 4.83.